The lowest BCUT2D eigenvalue weighted by molar-refractivity contribution is 0.0944. The minimum absolute atomic E-state index is 0.139. The van der Waals surface area contributed by atoms with E-state index in [1.54, 1.807) is 19.1 Å². The van der Waals surface area contributed by atoms with Crippen LogP contribution in [0.25, 0.3) is 0 Å². The summed E-state index contributed by atoms with van der Waals surface area (Å²) in [4.78, 5) is 23.6. The van der Waals surface area contributed by atoms with Crippen molar-refractivity contribution in [3.63, 3.8) is 0 Å². The molecular formula is C17H26N2O3. The van der Waals surface area contributed by atoms with Gasteiger partial charge in [-0.15, -0.1) is 0 Å². The number of aryl methyl sites for hydroxylation is 1. The lowest BCUT2D eigenvalue weighted by Crippen LogP contribution is -2.44. The highest BCUT2D eigenvalue weighted by Gasteiger charge is 2.16. The van der Waals surface area contributed by atoms with Crippen molar-refractivity contribution in [2.24, 2.45) is 5.92 Å². The van der Waals surface area contributed by atoms with Gasteiger partial charge in [-0.25, -0.2) is 4.79 Å². The predicted molar refractivity (Wildman–Crippen MR) is 86.9 cm³/mol. The number of amides is 2. The number of carbonyl (C=O) groups is 2. The standard InChI is InChI=1S/C17H26N2O3/c1-5-22-17(21)19-15(10-12(2)3)11-18-16(20)14-8-6-13(4)7-9-14/h6-9,12,15H,5,10-11H2,1-4H3,(H,18,20)(H,19,21)/t15-/m0/s1. The highest BCUT2D eigenvalue weighted by atomic mass is 16.5. The van der Waals surface area contributed by atoms with Crippen molar-refractivity contribution in [1.82, 2.24) is 10.6 Å². The Bertz CT molecular complexity index is 483. The summed E-state index contributed by atoms with van der Waals surface area (Å²) in [6.07, 6.45) is 0.324. The zero-order valence-corrected chi connectivity index (χ0v) is 13.8. The third kappa shape index (κ3) is 6.61. The number of ether oxygens (including phenoxy) is 1. The lowest BCUT2D eigenvalue weighted by atomic mass is 10.0. The number of benzene rings is 1. The van der Waals surface area contributed by atoms with E-state index in [-0.39, 0.29) is 11.9 Å². The predicted octanol–water partition coefficient (Wildman–Crippen LogP) is 2.89. The van der Waals surface area contributed by atoms with Crippen molar-refractivity contribution in [3.05, 3.63) is 35.4 Å². The second-order valence-electron chi connectivity index (χ2n) is 5.77. The van der Waals surface area contributed by atoms with Crippen molar-refractivity contribution in [2.45, 2.75) is 40.2 Å². The molecule has 1 aromatic rings. The van der Waals surface area contributed by atoms with E-state index in [0.29, 0.717) is 24.6 Å². The Kier molecular flexibility index (Phi) is 7.43. The summed E-state index contributed by atoms with van der Waals surface area (Å²) in [6, 6.07) is 7.24. The molecular weight excluding hydrogens is 280 g/mol. The van der Waals surface area contributed by atoms with Crippen LogP contribution in [0.1, 0.15) is 43.1 Å². The third-order valence-electron chi connectivity index (χ3n) is 3.18. The molecule has 0 saturated heterocycles. The number of alkyl carbamates (subject to hydrolysis) is 1. The van der Waals surface area contributed by atoms with Crippen molar-refractivity contribution in [1.29, 1.82) is 0 Å². The molecule has 0 aromatic heterocycles. The molecule has 0 aliphatic rings. The first kappa shape index (κ1) is 18.0. The van der Waals surface area contributed by atoms with Crippen molar-refractivity contribution >= 4 is 12.0 Å². The van der Waals surface area contributed by atoms with Crippen molar-refractivity contribution in [2.75, 3.05) is 13.2 Å². The molecule has 0 aliphatic carbocycles. The van der Waals surface area contributed by atoms with E-state index >= 15 is 0 Å². The van der Waals surface area contributed by atoms with Crippen molar-refractivity contribution < 1.29 is 14.3 Å². The molecule has 122 valence electrons. The van der Waals surface area contributed by atoms with Crippen molar-refractivity contribution in [3.8, 4) is 0 Å². The fourth-order valence-corrected chi connectivity index (χ4v) is 2.12. The number of carbonyl (C=O) groups excluding carboxylic acids is 2. The van der Waals surface area contributed by atoms with Gasteiger partial charge < -0.3 is 15.4 Å². The average Bonchev–Trinajstić information content (AvgIpc) is 2.45. The van der Waals surface area contributed by atoms with Gasteiger partial charge in [-0.3, -0.25) is 4.79 Å². The van der Waals surface area contributed by atoms with E-state index in [9.17, 15) is 9.59 Å². The Labute approximate surface area is 132 Å². The Morgan fingerprint density at radius 1 is 1.18 bits per heavy atom. The highest BCUT2D eigenvalue weighted by molar-refractivity contribution is 5.94. The van der Waals surface area contributed by atoms with Crippen LogP contribution in [0.2, 0.25) is 0 Å². The highest BCUT2D eigenvalue weighted by Crippen LogP contribution is 2.06. The monoisotopic (exact) mass is 306 g/mol. The number of hydrogen-bond acceptors (Lipinski definition) is 3. The minimum Gasteiger partial charge on any atom is -0.450 e. The van der Waals surface area contributed by atoms with E-state index in [4.69, 9.17) is 4.74 Å². The van der Waals surface area contributed by atoms with Crippen LogP contribution in [0.5, 0.6) is 0 Å². The molecule has 0 heterocycles. The first-order chi connectivity index (χ1) is 10.4. The normalized spacial score (nSPS) is 11.9. The van der Waals surface area contributed by atoms with Gasteiger partial charge in [-0.1, -0.05) is 31.5 Å². The van der Waals surface area contributed by atoms with Crippen LogP contribution in [0.3, 0.4) is 0 Å². The molecule has 0 radical (unpaired) electrons. The summed E-state index contributed by atoms with van der Waals surface area (Å²) in [5.74, 6) is 0.266. The first-order valence-electron chi connectivity index (χ1n) is 7.70. The molecule has 1 atom stereocenters. The largest absolute Gasteiger partial charge is 0.450 e. The lowest BCUT2D eigenvalue weighted by Gasteiger charge is -2.20. The summed E-state index contributed by atoms with van der Waals surface area (Å²) < 4.78 is 4.90. The molecule has 0 spiro atoms. The molecule has 2 amide bonds. The Morgan fingerprint density at radius 2 is 1.82 bits per heavy atom. The smallest absolute Gasteiger partial charge is 0.407 e. The van der Waals surface area contributed by atoms with Gasteiger partial charge in [-0.05, 0) is 38.3 Å². The molecule has 5 heteroatoms. The van der Waals surface area contributed by atoms with Gasteiger partial charge in [0.15, 0.2) is 0 Å². The van der Waals surface area contributed by atoms with E-state index in [1.807, 2.05) is 19.1 Å². The molecule has 1 aromatic carbocycles. The summed E-state index contributed by atoms with van der Waals surface area (Å²) >= 11 is 0. The number of hydrogen-bond donors (Lipinski definition) is 2. The fraction of sp³-hybridized carbons (Fsp3) is 0.529. The number of rotatable bonds is 7. The second kappa shape index (κ2) is 9.07. The van der Waals surface area contributed by atoms with Gasteiger partial charge in [0.2, 0.25) is 0 Å². The maximum Gasteiger partial charge on any atom is 0.407 e. The zero-order chi connectivity index (χ0) is 16.5. The molecule has 0 bridgehead atoms. The molecule has 2 N–H and O–H groups in total. The maximum absolute atomic E-state index is 12.1. The van der Waals surface area contributed by atoms with E-state index in [0.717, 1.165) is 12.0 Å². The van der Waals surface area contributed by atoms with Gasteiger partial charge in [0.05, 0.1) is 6.61 Å². The number of nitrogens with one attached hydrogen (secondary N) is 2. The van der Waals surface area contributed by atoms with Gasteiger partial charge in [0.25, 0.3) is 5.91 Å². The van der Waals surface area contributed by atoms with Gasteiger partial charge in [0, 0.05) is 18.2 Å². The quantitative estimate of drug-likeness (QED) is 0.814. The summed E-state index contributed by atoms with van der Waals surface area (Å²) in [5, 5.41) is 5.65. The molecule has 0 aliphatic heterocycles. The van der Waals surface area contributed by atoms with Crippen LogP contribution < -0.4 is 10.6 Å². The second-order valence-corrected chi connectivity index (χ2v) is 5.77. The molecule has 22 heavy (non-hydrogen) atoms. The van der Waals surface area contributed by atoms with Gasteiger partial charge in [0.1, 0.15) is 0 Å². The molecule has 0 saturated carbocycles. The third-order valence-corrected chi connectivity index (χ3v) is 3.18. The van der Waals surface area contributed by atoms with Crippen LogP contribution in [0, 0.1) is 12.8 Å². The fourth-order valence-electron chi connectivity index (χ4n) is 2.12. The van der Waals surface area contributed by atoms with E-state index in [2.05, 4.69) is 24.5 Å². The van der Waals surface area contributed by atoms with Gasteiger partial charge in [-0.2, -0.15) is 0 Å². The zero-order valence-electron chi connectivity index (χ0n) is 13.8. The van der Waals surface area contributed by atoms with Crippen LogP contribution in [0.4, 0.5) is 4.79 Å². The van der Waals surface area contributed by atoms with Crippen LogP contribution in [-0.4, -0.2) is 31.2 Å². The maximum atomic E-state index is 12.1. The summed E-state index contributed by atoms with van der Waals surface area (Å²) in [7, 11) is 0. The molecule has 0 fully saturated rings. The molecule has 0 unspecified atom stereocenters. The van der Waals surface area contributed by atoms with E-state index in [1.165, 1.54) is 0 Å². The topological polar surface area (TPSA) is 67.4 Å². The van der Waals surface area contributed by atoms with Gasteiger partial charge >= 0.3 is 6.09 Å². The Hall–Kier alpha value is -2.04. The molecule has 1 rings (SSSR count). The Balaban J connectivity index is 2.56. The first-order valence-corrected chi connectivity index (χ1v) is 7.70. The average molecular weight is 306 g/mol. The summed E-state index contributed by atoms with van der Waals surface area (Å²) in [6.45, 7) is 8.59. The summed E-state index contributed by atoms with van der Waals surface area (Å²) in [5.41, 5.74) is 1.73. The van der Waals surface area contributed by atoms with E-state index < -0.39 is 6.09 Å². The SMILES string of the molecule is CCOC(=O)N[C@H](CNC(=O)c1ccc(C)cc1)CC(C)C. The Morgan fingerprint density at radius 3 is 2.36 bits per heavy atom. The van der Waals surface area contributed by atoms with Crippen LogP contribution >= 0.6 is 0 Å². The molecule has 5 nitrogen and oxygen atoms in total. The minimum atomic E-state index is -0.447. The van der Waals surface area contributed by atoms with Crippen LogP contribution in [-0.2, 0) is 4.74 Å². The van der Waals surface area contributed by atoms with Crippen LogP contribution in [0.15, 0.2) is 24.3 Å².